The Balaban J connectivity index is 1.44. The number of carbonyl (C=O) groups excluding carboxylic acids is 1. The average molecular weight is 323 g/mol. The summed E-state index contributed by atoms with van der Waals surface area (Å²) in [6.07, 6.45) is 1.07. The van der Waals surface area contributed by atoms with Crippen molar-refractivity contribution in [3.63, 3.8) is 0 Å². The number of aryl methyl sites for hydroxylation is 1. The highest BCUT2D eigenvalue weighted by atomic mass is 16.2. The van der Waals surface area contributed by atoms with Crippen molar-refractivity contribution in [2.45, 2.75) is 13.3 Å². The van der Waals surface area contributed by atoms with E-state index in [0.29, 0.717) is 0 Å². The van der Waals surface area contributed by atoms with Crippen LogP contribution in [0.1, 0.15) is 11.1 Å². The Bertz CT molecular complexity index is 664. The van der Waals surface area contributed by atoms with Crippen molar-refractivity contribution in [2.75, 3.05) is 38.0 Å². The number of para-hydroxylation sites is 1. The van der Waals surface area contributed by atoms with Gasteiger partial charge in [-0.3, -0.25) is 4.90 Å². The van der Waals surface area contributed by atoms with Gasteiger partial charge in [0.15, 0.2) is 0 Å². The number of urea groups is 1. The highest BCUT2D eigenvalue weighted by molar-refractivity contribution is 5.90. The SMILES string of the molecule is Cc1ccccc1NC(=O)N1CCN(CCc2ccccc2)CC1. The molecule has 0 saturated carbocycles. The Labute approximate surface area is 144 Å². The number of carbonyl (C=O) groups is 1. The number of nitrogens with zero attached hydrogens (tertiary/aromatic N) is 2. The van der Waals surface area contributed by atoms with Crippen LogP contribution in [0.4, 0.5) is 10.5 Å². The van der Waals surface area contributed by atoms with Gasteiger partial charge in [0.1, 0.15) is 0 Å². The molecule has 1 heterocycles. The summed E-state index contributed by atoms with van der Waals surface area (Å²) in [4.78, 5) is 16.7. The van der Waals surface area contributed by atoms with Crippen molar-refractivity contribution < 1.29 is 4.79 Å². The zero-order valence-electron chi connectivity index (χ0n) is 14.2. The van der Waals surface area contributed by atoms with Crippen molar-refractivity contribution in [2.24, 2.45) is 0 Å². The number of piperazine rings is 1. The summed E-state index contributed by atoms with van der Waals surface area (Å²) in [6, 6.07) is 18.5. The minimum absolute atomic E-state index is 0.00649. The highest BCUT2D eigenvalue weighted by Gasteiger charge is 2.21. The van der Waals surface area contributed by atoms with E-state index >= 15 is 0 Å². The minimum Gasteiger partial charge on any atom is -0.322 e. The number of amides is 2. The second-order valence-electron chi connectivity index (χ2n) is 6.31. The molecular weight excluding hydrogens is 298 g/mol. The fraction of sp³-hybridized carbons (Fsp3) is 0.350. The average Bonchev–Trinajstić information content (AvgIpc) is 2.63. The Morgan fingerprint density at radius 2 is 1.62 bits per heavy atom. The summed E-state index contributed by atoms with van der Waals surface area (Å²) in [5.74, 6) is 0. The molecule has 4 heteroatoms. The molecule has 4 nitrogen and oxygen atoms in total. The molecule has 126 valence electrons. The van der Waals surface area contributed by atoms with Crippen LogP contribution in [0.2, 0.25) is 0 Å². The molecule has 24 heavy (non-hydrogen) atoms. The zero-order valence-corrected chi connectivity index (χ0v) is 14.2. The van der Waals surface area contributed by atoms with Crippen molar-refractivity contribution in [3.05, 3.63) is 65.7 Å². The van der Waals surface area contributed by atoms with Gasteiger partial charge in [0, 0.05) is 38.4 Å². The lowest BCUT2D eigenvalue weighted by Crippen LogP contribution is -2.50. The molecule has 0 bridgehead atoms. The van der Waals surface area contributed by atoms with Crippen LogP contribution < -0.4 is 5.32 Å². The first-order chi connectivity index (χ1) is 11.7. The van der Waals surface area contributed by atoms with Crippen LogP contribution in [0.5, 0.6) is 0 Å². The lowest BCUT2D eigenvalue weighted by molar-refractivity contribution is 0.148. The Hall–Kier alpha value is -2.33. The molecule has 1 fully saturated rings. The molecule has 1 aliphatic rings. The maximum atomic E-state index is 12.4. The van der Waals surface area contributed by atoms with Gasteiger partial charge in [0.2, 0.25) is 0 Å². The van der Waals surface area contributed by atoms with E-state index in [1.807, 2.05) is 36.1 Å². The van der Waals surface area contributed by atoms with E-state index in [-0.39, 0.29) is 6.03 Å². The van der Waals surface area contributed by atoms with Crippen molar-refractivity contribution in [3.8, 4) is 0 Å². The number of rotatable bonds is 4. The smallest absolute Gasteiger partial charge is 0.321 e. The second kappa shape index (κ2) is 7.97. The molecule has 0 aromatic heterocycles. The lowest BCUT2D eigenvalue weighted by atomic mass is 10.1. The number of benzene rings is 2. The predicted octanol–water partition coefficient (Wildman–Crippen LogP) is 3.39. The Morgan fingerprint density at radius 3 is 2.33 bits per heavy atom. The number of hydrogen-bond donors (Lipinski definition) is 1. The van der Waals surface area contributed by atoms with Crippen LogP contribution in [-0.4, -0.2) is 48.6 Å². The molecule has 1 saturated heterocycles. The Kier molecular flexibility index (Phi) is 5.49. The molecule has 0 radical (unpaired) electrons. The van der Waals surface area contributed by atoms with E-state index in [1.165, 1.54) is 5.56 Å². The van der Waals surface area contributed by atoms with Gasteiger partial charge in [0.25, 0.3) is 0 Å². The maximum Gasteiger partial charge on any atom is 0.321 e. The molecule has 0 aliphatic carbocycles. The fourth-order valence-electron chi connectivity index (χ4n) is 3.01. The first kappa shape index (κ1) is 16.5. The van der Waals surface area contributed by atoms with Gasteiger partial charge in [-0.25, -0.2) is 4.79 Å². The third-order valence-electron chi connectivity index (χ3n) is 4.61. The van der Waals surface area contributed by atoms with Crippen LogP contribution in [-0.2, 0) is 6.42 Å². The molecule has 1 aliphatic heterocycles. The van der Waals surface area contributed by atoms with Crippen LogP contribution in [0, 0.1) is 6.92 Å². The topological polar surface area (TPSA) is 35.6 Å². The van der Waals surface area contributed by atoms with E-state index in [9.17, 15) is 4.79 Å². The van der Waals surface area contributed by atoms with Gasteiger partial charge >= 0.3 is 6.03 Å². The normalized spacial score (nSPS) is 15.3. The zero-order chi connectivity index (χ0) is 16.8. The highest BCUT2D eigenvalue weighted by Crippen LogP contribution is 2.14. The molecular formula is C20H25N3O. The monoisotopic (exact) mass is 323 g/mol. The summed E-state index contributed by atoms with van der Waals surface area (Å²) >= 11 is 0. The van der Waals surface area contributed by atoms with Crippen molar-refractivity contribution >= 4 is 11.7 Å². The molecule has 2 amide bonds. The predicted molar refractivity (Wildman–Crippen MR) is 98.4 cm³/mol. The lowest BCUT2D eigenvalue weighted by Gasteiger charge is -2.34. The summed E-state index contributed by atoms with van der Waals surface area (Å²) in [5, 5.41) is 3.02. The summed E-state index contributed by atoms with van der Waals surface area (Å²) in [5.41, 5.74) is 3.36. The van der Waals surface area contributed by atoms with Crippen LogP contribution in [0.3, 0.4) is 0 Å². The second-order valence-corrected chi connectivity index (χ2v) is 6.31. The van der Waals surface area contributed by atoms with E-state index in [4.69, 9.17) is 0 Å². The van der Waals surface area contributed by atoms with Gasteiger partial charge in [0.05, 0.1) is 0 Å². The van der Waals surface area contributed by atoms with Crippen LogP contribution in [0.25, 0.3) is 0 Å². The molecule has 1 N–H and O–H groups in total. The number of nitrogens with one attached hydrogen (secondary N) is 1. The van der Waals surface area contributed by atoms with Crippen LogP contribution in [0.15, 0.2) is 54.6 Å². The summed E-state index contributed by atoms with van der Waals surface area (Å²) in [6.45, 7) is 6.51. The molecule has 2 aromatic carbocycles. The number of anilines is 1. The Morgan fingerprint density at radius 1 is 0.958 bits per heavy atom. The van der Waals surface area contributed by atoms with E-state index < -0.39 is 0 Å². The molecule has 0 spiro atoms. The summed E-state index contributed by atoms with van der Waals surface area (Å²) < 4.78 is 0. The van der Waals surface area contributed by atoms with Gasteiger partial charge in [-0.05, 0) is 30.5 Å². The largest absolute Gasteiger partial charge is 0.322 e. The van der Waals surface area contributed by atoms with Gasteiger partial charge in [-0.1, -0.05) is 48.5 Å². The van der Waals surface area contributed by atoms with Crippen LogP contribution >= 0.6 is 0 Å². The fourth-order valence-corrected chi connectivity index (χ4v) is 3.01. The van der Waals surface area contributed by atoms with Crippen molar-refractivity contribution in [1.29, 1.82) is 0 Å². The van der Waals surface area contributed by atoms with E-state index in [2.05, 4.69) is 40.5 Å². The summed E-state index contributed by atoms with van der Waals surface area (Å²) in [7, 11) is 0. The quantitative estimate of drug-likeness (QED) is 0.936. The first-order valence-corrected chi connectivity index (χ1v) is 8.60. The third kappa shape index (κ3) is 4.36. The molecule has 0 unspecified atom stereocenters. The molecule has 0 atom stereocenters. The van der Waals surface area contributed by atoms with E-state index in [0.717, 1.165) is 50.4 Å². The third-order valence-corrected chi connectivity index (χ3v) is 4.61. The number of hydrogen-bond acceptors (Lipinski definition) is 2. The standard InChI is InChI=1S/C20H25N3O/c1-17-7-5-6-10-19(17)21-20(24)23-15-13-22(14-16-23)12-11-18-8-3-2-4-9-18/h2-10H,11-16H2,1H3,(H,21,24). The minimum atomic E-state index is 0.00649. The van der Waals surface area contributed by atoms with Gasteiger partial charge in [-0.15, -0.1) is 0 Å². The molecule has 3 rings (SSSR count). The van der Waals surface area contributed by atoms with E-state index in [1.54, 1.807) is 0 Å². The molecule has 2 aromatic rings. The van der Waals surface area contributed by atoms with Gasteiger partial charge in [-0.2, -0.15) is 0 Å². The maximum absolute atomic E-state index is 12.4. The van der Waals surface area contributed by atoms with Crippen molar-refractivity contribution in [1.82, 2.24) is 9.80 Å². The van der Waals surface area contributed by atoms with Gasteiger partial charge < -0.3 is 10.2 Å². The first-order valence-electron chi connectivity index (χ1n) is 8.60.